The van der Waals surface area contributed by atoms with Gasteiger partial charge in [-0.3, -0.25) is 14.4 Å². The first-order chi connectivity index (χ1) is 12.4. The van der Waals surface area contributed by atoms with Crippen LogP contribution in [-0.4, -0.2) is 60.3 Å². The third-order valence-corrected chi connectivity index (χ3v) is 4.77. The van der Waals surface area contributed by atoms with Crippen LogP contribution in [0.3, 0.4) is 0 Å². The molecule has 0 saturated carbocycles. The van der Waals surface area contributed by atoms with E-state index in [0.29, 0.717) is 44.8 Å². The van der Waals surface area contributed by atoms with E-state index in [0.717, 1.165) is 11.3 Å². The van der Waals surface area contributed by atoms with Gasteiger partial charge in [-0.05, 0) is 30.2 Å². The van der Waals surface area contributed by atoms with Crippen LogP contribution in [-0.2, 0) is 20.8 Å². The Morgan fingerprint density at radius 3 is 2.50 bits per heavy atom. The van der Waals surface area contributed by atoms with Crippen molar-refractivity contribution in [3.8, 4) is 5.75 Å². The van der Waals surface area contributed by atoms with E-state index in [1.54, 1.807) is 11.0 Å². The molecule has 7 heteroatoms. The van der Waals surface area contributed by atoms with Crippen LogP contribution < -0.4 is 10.1 Å². The molecule has 1 aromatic carbocycles. The molecule has 0 aliphatic carbocycles. The minimum Gasteiger partial charge on any atom is -0.484 e. The average Bonchev–Trinajstić information content (AvgIpc) is 2.65. The second kappa shape index (κ2) is 7.76. The molecule has 26 heavy (non-hydrogen) atoms. The minimum absolute atomic E-state index is 0.0191. The first-order valence-electron chi connectivity index (χ1n) is 9.06. The number of piperazine rings is 1. The van der Waals surface area contributed by atoms with Gasteiger partial charge in [-0.1, -0.05) is 13.8 Å². The Hall–Kier alpha value is -2.57. The Kier molecular flexibility index (Phi) is 5.44. The molecular formula is C19H25N3O4. The van der Waals surface area contributed by atoms with Crippen molar-refractivity contribution in [1.29, 1.82) is 0 Å². The number of rotatable bonds is 4. The number of fused-ring (bicyclic) bond motifs is 1. The van der Waals surface area contributed by atoms with Crippen LogP contribution in [0.2, 0.25) is 0 Å². The highest BCUT2D eigenvalue weighted by Gasteiger charge is 2.25. The predicted octanol–water partition coefficient (Wildman–Crippen LogP) is 1.28. The summed E-state index contributed by atoms with van der Waals surface area (Å²) in [6, 6.07) is 5.45. The fourth-order valence-electron chi connectivity index (χ4n) is 3.23. The fraction of sp³-hybridized carbons (Fsp3) is 0.526. The van der Waals surface area contributed by atoms with Crippen LogP contribution in [0.5, 0.6) is 5.75 Å². The zero-order chi connectivity index (χ0) is 18.7. The molecule has 1 N–H and O–H groups in total. The smallest absolute Gasteiger partial charge is 0.260 e. The second-order valence-corrected chi connectivity index (χ2v) is 7.02. The van der Waals surface area contributed by atoms with E-state index < -0.39 is 0 Å². The Morgan fingerprint density at radius 2 is 1.81 bits per heavy atom. The molecule has 1 fully saturated rings. The van der Waals surface area contributed by atoms with Crippen molar-refractivity contribution in [2.75, 3.05) is 38.1 Å². The van der Waals surface area contributed by atoms with E-state index in [4.69, 9.17) is 4.74 Å². The SMILES string of the molecule is CC(C)C(=O)N1CCN(C(=O)COc2ccc3c(c2)CCC(=O)N3)CC1. The number of hydrogen-bond donors (Lipinski definition) is 1. The van der Waals surface area contributed by atoms with Crippen LogP contribution >= 0.6 is 0 Å². The lowest BCUT2D eigenvalue weighted by Crippen LogP contribution is -2.52. The summed E-state index contributed by atoms with van der Waals surface area (Å²) >= 11 is 0. The largest absolute Gasteiger partial charge is 0.484 e. The van der Waals surface area contributed by atoms with Gasteiger partial charge in [-0.2, -0.15) is 0 Å². The summed E-state index contributed by atoms with van der Waals surface area (Å²) in [4.78, 5) is 39.3. The van der Waals surface area contributed by atoms with Gasteiger partial charge >= 0.3 is 0 Å². The van der Waals surface area contributed by atoms with E-state index >= 15 is 0 Å². The predicted molar refractivity (Wildman–Crippen MR) is 96.9 cm³/mol. The standard InChI is InChI=1S/C19H25N3O4/c1-13(2)19(25)22-9-7-21(8-10-22)18(24)12-26-15-4-5-16-14(11-15)3-6-17(23)20-16/h4-5,11,13H,3,6-10,12H2,1-2H3,(H,20,23). The van der Waals surface area contributed by atoms with Crippen molar-refractivity contribution in [3.63, 3.8) is 0 Å². The molecule has 3 rings (SSSR count). The van der Waals surface area contributed by atoms with Crippen LogP contribution in [0.4, 0.5) is 5.69 Å². The lowest BCUT2D eigenvalue weighted by molar-refractivity contribution is -0.142. The number of nitrogens with zero attached hydrogens (tertiary/aromatic N) is 2. The molecule has 7 nitrogen and oxygen atoms in total. The van der Waals surface area contributed by atoms with E-state index in [-0.39, 0.29) is 30.2 Å². The summed E-state index contributed by atoms with van der Waals surface area (Å²) in [6.45, 7) is 5.97. The monoisotopic (exact) mass is 359 g/mol. The van der Waals surface area contributed by atoms with Crippen molar-refractivity contribution in [3.05, 3.63) is 23.8 Å². The number of hydrogen-bond acceptors (Lipinski definition) is 4. The normalized spacial score (nSPS) is 17.0. The molecule has 0 aromatic heterocycles. The molecule has 2 heterocycles. The second-order valence-electron chi connectivity index (χ2n) is 7.02. The van der Waals surface area contributed by atoms with Crippen molar-refractivity contribution in [2.45, 2.75) is 26.7 Å². The number of amides is 3. The third kappa shape index (κ3) is 4.15. The van der Waals surface area contributed by atoms with E-state index in [1.807, 2.05) is 30.9 Å². The molecule has 2 aliphatic rings. The molecule has 0 bridgehead atoms. The first-order valence-corrected chi connectivity index (χ1v) is 9.06. The van der Waals surface area contributed by atoms with Gasteiger partial charge in [0.2, 0.25) is 11.8 Å². The summed E-state index contributed by atoms with van der Waals surface area (Å²) in [7, 11) is 0. The van der Waals surface area contributed by atoms with Crippen LogP contribution in [0.25, 0.3) is 0 Å². The van der Waals surface area contributed by atoms with Crippen molar-refractivity contribution in [2.24, 2.45) is 5.92 Å². The fourth-order valence-corrected chi connectivity index (χ4v) is 3.23. The van der Waals surface area contributed by atoms with Gasteiger partial charge in [0, 0.05) is 44.2 Å². The Morgan fingerprint density at radius 1 is 1.12 bits per heavy atom. The minimum atomic E-state index is -0.0762. The first kappa shape index (κ1) is 18.2. The van der Waals surface area contributed by atoms with Crippen LogP contribution in [0.15, 0.2) is 18.2 Å². The molecular weight excluding hydrogens is 334 g/mol. The summed E-state index contributed by atoms with van der Waals surface area (Å²) in [6.07, 6.45) is 1.15. The average molecular weight is 359 g/mol. The van der Waals surface area contributed by atoms with Crippen LogP contribution in [0, 0.1) is 5.92 Å². The summed E-state index contributed by atoms with van der Waals surface area (Å²) in [5.74, 6) is 0.690. The molecule has 0 radical (unpaired) electrons. The van der Waals surface area contributed by atoms with Gasteiger partial charge in [0.15, 0.2) is 6.61 Å². The summed E-state index contributed by atoms with van der Waals surface area (Å²) in [5.41, 5.74) is 1.83. The van der Waals surface area contributed by atoms with Gasteiger partial charge in [0.25, 0.3) is 5.91 Å². The lowest BCUT2D eigenvalue weighted by atomic mass is 10.0. The quantitative estimate of drug-likeness (QED) is 0.878. The number of aryl methyl sites for hydroxylation is 1. The number of ether oxygens (including phenoxy) is 1. The van der Waals surface area contributed by atoms with E-state index in [9.17, 15) is 14.4 Å². The van der Waals surface area contributed by atoms with Gasteiger partial charge in [0.05, 0.1) is 0 Å². The van der Waals surface area contributed by atoms with Gasteiger partial charge in [-0.15, -0.1) is 0 Å². The molecule has 1 saturated heterocycles. The summed E-state index contributed by atoms with van der Waals surface area (Å²) in [5, 5.41) is 2.82. The van der Waals surface area contributed by atoms with Crippen molar-refractivity contribution in [1.82, 2.24) is 9.80 Å². The summed E-state index contributed by atoms with van der Waals surface area (Å²) < 4.78 is 5.64. The van der Waals surface area contributed by atoms with Gasteiger partial charge in [-0.25, -0.2) is 0 Å². The Bertz CT molecular complexity index is 709. The number of carbonyl (C=O) groups excluding carboxylic acids is 3. The topological polar surface area (TPSA) is 79.0 Å². The molecule has 3 amide bonds. The number of benzene rings is 1. The number of anilines is 1. The molecule has 2 aliphatic heterocycles. The van der Waals surface area contributed by atoms with Gasteiger partial charge in [0.1, 0.15) is 5.75 Å². The van der Waals surface area contributed by atoms with E-state index in [1.165, 1.54) is 0 Å². The maximum atomic E-state index is 12.4. The number of carbonyl (C=O) groups is 3. The zero-order valence-electron chi connectivity index (χ0n) is 15.3. The highest BCUT2D eigenvalue weighted by molar-refractivity contribution is 5.94. The Balaban J connectivity index is 1.49. The van der Waals surface area contributed by atoms with Crippen LogP contribution in [0.1, 0.15) is 25.8 Å². The maximum absolute atomic E-state index is 12.4. The lowest BCUT2D eigenvalue weighted by Gasteiger charge is -2.35. The van der Waals surface area contributed by atoms with Crippen molar-refractivity contribution >= 4 is 23.4 Å². The molecule has 1 aromatic rings. The highest BCUT2D eigenvalue weighted by atomic mass is 16.5. The molecule has 0 unspecified atom stereocenters. The zero-order valence-corrected chi connectivity index (χ0v) is 15.3. The van der Waals surface area contributed by atoms with Gasteiger partial charge < -0.3 is 19.9 Å². The van der Waals surface area contributed by atoms with E-state index in [2.05, 4.69) is 5.32 Å². The maximum Gasteiger partial charge on any atom is 0.260 e. The van der Waals surface area contributed by atoms with Crippen molar-refractivity contribution < 1.29 is 19.1 Å². The molecule has 140 valence electrons. The molecule has 0 spiro atoms. The molecule has 0 atom stereocenters. The Labute approximate surface area is 153 Å². The third-order valence-electron chi connectivity index (χ3n) is 4.77. The highest BCUT2D eigenvalue weighted by Crippen LogP contribution is 2.26. The number of nitrogens with one attached hydrogen (secondary N) is 1.